The lowest BCUT2D eigenvalue weighted by atomic mass is 10.1. The predicted molar refractivity (Wildman–Crippen MR) is 88.1 cm³/mol. The van der Waals surface area contributed by atoms with Gasteiger partial charge in [-0.25, -0.2) is 0 Å². The highest BCUT2D eigenvalue weighted by molar-refractivity contribution is 6.04. The third kappa shape index (κ3) is 3.71. The molecule has 0 atom stereocenters. The molecule has 120 valence electrons. The van der Waals surface area contributed by atoms with Gasteiger partial charge in [0.2, 0.25) is 6.79 Å². The minimum absolute atomic E-state index is 0.103. The standard InChI is InChI=1S/C17H19N3O3/c1-17(2,3)20-13-6-11(8-18-9-13)16(21)19-12-4-5-14-15(7-12)23-10-22-14/h4-9,20H,10H2,1-3H3,(H,19,21). The fourth-order valence-electron chi connectivity index (χ4n) is 2.24. The topological polar surface area (TPSA) is 72.5 Å². The van der Waals surface area contributed by atoms with E-state index in [2.05, 4.69) is 15.6 Å². The Balaban J connectivity index is 1.74. The van der Waals surface area contributed by atoms with Crippen molar-refractivity contribution in [3.63, 3.8) is 0 Å². The van der Waals surface area contributed by atoms with E-state index in [4.69, 9.17) is 9.47 Å². The van der Waals surface area contributed by atoms with Crippen molar-refractivity contribution in [2.75, 3.05) is 17.4 Å². The number of anilines is 2. The van der Waals surface area contributed by atoms with Crippen LogP contribution < -0.4 is 20.1 Å². The molecule has 2 aromatic rings. The summed E-state index contributed by atoms with van der Waals surface area (Å²) in [7, 11) is 0. The first-order valence-electron chi connectivity index (χ1n) is 7.35. The molecule has 0 saturated carbocycles. The van der Waals surface area contributed by atoms with Gasteiger partial charge in [0.25, 0.3) is 5.91 Å². The van der Waals surface area contributed by atoms with E-state index in [-0.39, 0.29) is 18.2 Å². The second-order valence-electron chi connectivity index (χ2n) is 6.36. The number of benzene rings is 1. The Labute approximate surface area is 134 Å². The molecule has 23 heavy (non-hydrogen) atoms. The van der Waals surface area contributed by atoms with E-state index < -0.39 is 0 Å². The van der Waals surface area contributed by atoms with Crippen LogP contribution in [-0.2, 0) is 0 Å². The Morgan fingerprint density at radius 1 is 1.09 bits per heavy atom. The first-order valence-corrected chi connectivity index (χ1v) is 7.35. The van der Waals surface area contributed by atoms with Crippen LogP contribution in [0.5, 0.6) is 11.5 Å². The number of fused-ring (bicyclic) bond motifs is 1. The van der Waals surface area contributed by atoms with E-state index in [1.165, 1.54) is 6.20 Å². The third-order valence-electron chi connectivity index (χ3n) is 3.15. The summed E-state index contributed by atoms with van der Waals surface area (Å²) in [6.07, 6.45) is 3.23. The summed E-state index contributed by atoms with van der Waals surface area (Å²) in [4.78, 5) is 16.5. The zero-order chi connectivity index (χ0) is 16.4. The average molecular weight is 313 g/mol. The Hall–Kier alpha value is -2.76. The van der Waals surface area contributed by atoms with E-state index in [1.807, 2.05) is 20.8 Å². The first-order chi connectivity index (χ1) is 10.9. The van der Waals surface area contributed by atoms with Gasteiger partial charge in [0.1, 0.15) is 0 Å². The molecular formula is C17H19N3O3. The third-order valence-corrected chi connectivity index (χ3v) is 3.15. The number of ether oxygens (including phenoxy) is 2. The Morgan fingerprint density at radius 2 is 1.87 bits per heavy atom. The van der Waals surface area contributed by atoms with Gasteiger partial charge in [-0.2, -0.15) is 0 Å². The van der Waals surface area contributed by atoms with Crippen LogP contribution in [0.25, 0.3) is 0 Å². The van der Waals surface area contributed by atoms with Crippen molar-refractivity contribution in [2.45, 2.75) is 26.3 Å². The molecular weight excluding hydrogens is 294 g/mol. The molecule has 0 saturated heterocycles. The van der Waals surface area contributed by atoms with Gasteiger partial charge in [0, 0.05) is 29.7 Å². The number of rotatable bonds is 3. The quantitative estimate of drug-likeness (QED) is 0.910. The number of hydrogen-bond donors (Lipinski definition) is 2. The van der Waals surface area contributed by atoms with Crippen LogP contribution in [0, 0.1) is 0 Å². The summed E-state index contributed by atoms with van der Waals surface area (Å²) < 4.78 is 10.6. The molecule has 2 N–H and O–H groups in total. The van der Waals surface area contributed by atoms with Crippen molar-refractivity contribution >= 4 is 17.3 Å². The molecule has 1 aliphatic rings. The molecule has 2 heterocycles. The molecule has 0 aliphatic carbocycles. The first kappa shape index (κ1) is 15.1. The number of nitrogens with zero attached hydrogens (tertiary/aromatic N) is 1. The normalized spacial score (nSPS) is 12.8. The lowest BCUT2D eigenvalue weighted by Gasteiger charge is -2.22. The zero-order valence-electron chi connectivity index (χ0n) is 13.3. The minimum Gasteiger partial charge on any atom is -0.454 e. The van der Waals surface area contributed by atoms with Crippen LogP contribution in [0.4, 0.5) is 11.4 Å². The molecule has 3 rings (SSSR count). The smallest absolute Gasteiger partial charge is 0.257 e. The molecule has 1 amide bonds. The molecule has 0 bridgehead atoms. The molecule has 6 nitrogen and oxygen atoms in total. The van der Waals surface area contributed by atoms with E-state index in [9.17, 15) is 4.79 Å². The second-order valence-corrected chi connectivity index (χ2v) is 6.36. The minimum atomic E-state index is -0.228. The summed E-state index contributed by atoms with van der Waals surface area (Å²) in [5.41, 5.74) is 1.83. The highest BCUT2D eigenvalue weighted by atomic mass is 16.7. The molecule has 1 aromatic carbocycles. The van der Waals surface area contributed by atoms with E-state index in [1.54, 1.807) is 30.5 Å². The van der Waals surface area contributed by atoms with Gasteiger partial charge in [-0.3, -0.25) is 9.78 Å². The van der Waals surface area contributed by atoms with Gasteiger partial charge in [-0.1, -0.05) is 0 Å². The van der Waals surface area contributed by atoms with Gasteiger partial charge in [0.15, 0.2) is 11.5 Å². The van der Waals surface area contributed by atoms with Crippen LogP contribution >= 0.6 is 0 Å². The van der Waals surface area contributed by atoms with Crippen LogP contribution in [0.1, 0.15) is 31.1 Å². The fraction of sp³-hybridized carbons (Fsp3) is 0.294. The molecule has 0 unspecified atom stereocenters. The monoisotopic (exact) mass is 313 g/mol. The Bertz CT molecular complexity index is 738. The lowest BCUT2D eigenvalue weighted by Crippen LogP contribution is -2.26. The van der Waals surface area contributed by atoms with Crippen molar-refractivity contribution in [3.8, 4) is 11.5 Å². The van der Waals surface area contributed by atoms with Gasteiger partial charge in [-0.05, 0) is 39.0 Å². The number of carbonyl (C=O) groups excluding carboxylic acids is 1. The molecule has 0 spiro atoms. The van der Waals surface area contributed by atoms with Gasteiger partial charge < -0.3 is 20.1 Å². The second kappa shape index (κ2) is 5.79. The van der Waals surface area contributed by atoms with Crippen LogP contribution in [0.2, 0.25) is 0 Å². The maximum absolute atomic E-state index is 12.4. The average Bonchev–Trinajstić information content (AvgIpc) is 2.93. The molecule has 0 fully saturated rings. The van der Waals surface area contributed by atoms with Crippen molar-refractivity contribution in [2.24, 2.45) is 0 Å². The van der Waals surface area contributed by atoms with Gasteiger partial charge >= 0.3 is 0 Å². The zero-order valence-corrected chi connectivity index (χ0v) is 13.3. The summed E-state index contributed by atoms with van der Waals surface area (Å²) in [6, 6.07) is 7.06. The predicted octanol–water partition coefficient (Wildman–Crippen LogP) is 3.27. The van der Waals surface area contributed by atoms with Crippen molar-refractivity contribution in [3.05, 3.63) is 42.2 Å². The van der Waals surface area contributed by atoms with E-state index in [0.717, 1.165) is 5.69 Å². The number of nitrogens with one attached hydrogen (secondary N) is 2. The van der Waals surface area contributed by atoms with Crippen molar-refractivity contribution in [1.82, 2.24) is 4.98 Å². The summed E-state index contributed by atoms with van der Waals surface area (Å²) in [5, 5.41) is 6.13. The number of amides is 1. The van der Waals surface area contributed by atoms with Crippen molar-refractivity contribution < 1.29 is 14.3 Å². The molecule has 1 aromatic heterocycles. The van der Waals surface area contributed by atoms with Gasteiger partial charge in [-0.15, -0.1) is 0 Å². The number of carbonyl (C=O) groups is 1. The van der Waals surface area contributed by atoms with Crippen LogP contribution in [-0.4, -0.2) is 23.2 Å². The lowest BCUT2D eigenvalue weighted by molar-refractivity contribution is 0.102. The maximum Gasteiger partial charge on any atom is 0.257 e. The summed E-state index contributed by atoms with van der Waals surface area (Å²) in [6.45, 7) is 6.35. The summed E-state index contributed by atoms with van der Waals surface area (Å²) >= 11 is 0. The van der Waals surface area contributed by atoms with Crippen molar-refractivity contribution in [1.29, 1.82) is 0 Å². The number of pyridine rings is 1. The fourth-order valence-corrected chi connectivity index (χ4v) is 2.24. The van der Waals surface area contributed by atoms with E-state index >= 15 is 0 Å². The van der Waals surface area contributed by atoms with E-state index in [0.29, 0.717) is 22.7 Å². The summed E-state index contributed by atoms with van der Waals surface area (Å²) in [5.74, 6) is 1.08. The number of hydrogen-bond acceptors (Lipinski definition) is 5. The Morgan fingerprint density at radius 3 is 2.65 bits per heavy atom. The maximum atomic E-state index is 12.4. The Kier molecular flexibility index (Phi) is 3.82. The highest BCUT2D eigenvalue weighted by Gasteiger charge is 2.15. The largest absolute Gasteiger partial charge is 0.454 e. The molecule has 6 heteroatoms. The van der Waals surface area contributed by atoms with Gasteiger partial charge in [0.05, 0.1) is 11.3 Å². The SMILES string of the molecule is CC(C)(C)Nc1cncc(C(=O)Nc2ccc3c(c2)OCO3)c1. The number of aromatic nitrogens is 1. The molecule has 0 radical (unpaired) electrons. The molecule has 1 aliphatic heterocycles. The van der Waals surface area contributed by atoms with Crippen LogP contribution in [0.3, 0.4) is 0 Å². The van der Waals surface area contributed by atoms with Crippen LogP contribution in [0.15, 0.2) is 36.7 Å². The highest BCUT2D eigenvalue weighted by Crippen LogP contribution is 2.34.